The number of nitrogens with one attached hydrogen (secondary N) is 1. The van der Waals surface area contributed by atoms with E-state index in [9.17, 15) is 14.9 Å². The predicted octanol–water partition coefficient (Wildman–Crippen LogP) is 2.90. The number of carbonyl (C=O) groups is 1. The fraction of sp³-hybridized carbons (Fsp3) is 0.125. The zero-order valence-corrected chi connectivity index (χ0v) is 9.88. The van der Waals surface area contributed by atoms with Gasteiger partial charge >= 0.3 is 0 Å². The van der Waals surface area contributed by atoms with Crippen LogP contribution < -0.4 is 5.32 Å². The monoisotopic (exact) mass is 282 g/mol. The number of nitro groups is 1. The molecule has 86 valence electrons. The van der Waals surface area contributed by atoms with Crippen LogP contribution in [-0.4, -0.2) is 14.6 Å². The number of benzene rings is 1. The van der Waals surface area contributed by atoms with Gasteiger partial charge in [0, 0.05) is 17.8 Å². The summed E-state index contributed by atoms with van der Waals surface area (Å²) in [6, 6.07) is 5.14. The highest BCUT2D eigenvalue weighted by atomic mass is 35.6. The Morgan fingerprint density at radius 2 is 1.75 bits per heavy atom. The van der Waals surface area contributed by atoms with Crippen LogP contribution in [-0.2, 0) is 4.79 Å². The van der Waals surface area contributed by atoms with Crippen molar-refractivity contribution in [3.63, 3.8) is 0 Å². The predicted molar refractivity (Wildman–Crippen MR) is 62.0 cm³/mol. The zero-order valence-electron chi connectivity index (χ0n) is 7.62. The minimum absolute atomic E-state index is 0.0908. The second-order valence-corrected chi connectivity index (χ2v) is 5.04. The molecule has 0 saturated heterocycles. The number of rotatable bonds is 2. The minimum atomic E-state index is -2.07. The van der Waals surface area contributed by atoms with Gasteiger partial charge in [0.1, 0.15) is 0 Å². The number of nitrogens with zero attached hydrogens (tertiary/aromatic N) is 1. The quantitative estimate of drug-likeness (QED) is 0.515. The first-order valence-electron chi connectivity index (χ1n) is 3.93. The Kier molecular flexibility index (Phi) is 3.96. The minimum Gasteiger partial charge on any atom is -0.322 e. The molecular weight excluding hydrogens is 278 g/mol. The number of alkyl halides is 3. The molecule has 0 spiro atoms. The Labute approximate surface area is 105 Å². The van der Waals surface area contributed by atoms with Gasteiger partial charge in [0.25, 0.3) is 15.4 Å². The molecule has 0 aliphatic rings. The molecule has 16 heavy (non-hydrogen) atoms. The average molecular weight is 283 g/mol. The number of halogens is 3. The van der Waals surface area contributed by atoms with E-state index in [4.69, 9.17) is 34.8 Å². The van der Waals surface area contributed by atoms with E-state index < -0.39 is 14.6 Å². The fourth-order valence-electron chi connectivity index (χ4n) is 0.868. The zero-order chi connectivity index (χ0) is 12.3. The highest BCUT2D eigenvalue weighted by molar-refractivity contribution is 6.76. The molecule has 0 saturated carbocycles. The van der Waals surface area contributed by atoms with Gasteiger partial charge in [-0.3, -0.25) is 14.9 Å². The Hall–Kier alpha value is -1.04. The van der Waals surface area contributed by atoms with Gasteiger partial charge in [0.05, 0.1) is 4.92 Å². The first-order chi connectivity index (χ1) is 7.30. The SMILES string of the molecule is O=C(Nc1ccc([N+](=O)[O-])cc1)C(Cl)(Cl)Cl. The normalized spacial score (nSPS) is 10.9. The molecule has 0 radical (unpaired) electrons. The molecule has 0 heterocycles. The van der Waals surface area contributed by atoms with E-state index >= 15 is 0 Å². The summed E-state index contributed by atoms with van der Waals surface area (Å²) in [6.07, 6.45) is 0. The number of non-ortho nitro benzene ring substituents is 1. The van der Waals surface area contributed by atoms with Gasteiger partial charge in [-0.2, -0.15) is 0 Å². The number of hydrogen-bond donors (Lipinski definition) is 1. The van der Waals surface area contributed by atoms with Gasteiger partial charge in [-0.1, -0.05) is 34.8 Å². The Morgan fingerprint density at radius 1 is 1.25 bits per heavy atom. The summed E-state index contributed by atoms with van der Waals surface area (Å²) in [5, 5.41) is 12.6. The lowest BCUT2D eigenvalue weighted by Crippen LogP contribution is -2.26. The Morgan fingerprint density at radius 3 is 2.12 bits per heavy atom. The lowest BCUT2D eigenvalue weighted by Gasteiger charge is -2.10. The summed E-state index contributed by atoms with van der Waals surface area (Å²) in [4.78, 5) is 21.0. The molecule has 1 N–H and O–H groups in total. The number of hydrogen-bond acceptors (Lipinski definition) is 3. The van der Waals surface area contributed by atoms with E-state index in [0.29, 0.717) is 5.69 Å². The summed E-state index contributed by atoms with van der Waals surface area (Å²) in [7, 11) is 0. The standard InChI is InChI=1S/C8H5Cl3N2O3/c9-8(10,11)7(14)12-5-1-3-6(4-2-5)13(15)16/h1-4H,(H,12,14). The third-order valence-corrected chi connectivity index (χ3v) is 2.11. The molecule has 8 heteroatoms. The summed E-state index contributed by atoms with van der Waals surface area (Å²) < 4.78 is -2.07. The maximum absolute atomic E-state index is 11.2. The lowest BCUT2D eigenvalue weighted by molar-refractivity contribution is -0.384. The second-order valence-electron chi connectivity index (χ2n) is 2.76. The lowest BCUT2D eigenvalue weighted by atomic mass is 10.3. The van der Waals surface area contributed by atoms with Crippen molar-refractivity contribution in [1.82, 2.24) is 0 Å². The number of amides is 1. The van der Waals surface area contributed by atoms with E-state index in [2.05, 4.69) is 5.32 Å². The first kappa shape index (κ1) is 13.0. The van der Waals surface area contributed by atoms with Gasteiger partial charge in [-0.15, -0.1) is 0 Å². The van der Waals surface area contributed by atoms with Gasteiger partial charge in [0.15, 0.2) is 0 Å². The molecule has 1 amide bonds. The van der Waals surface area contributed by atoms with Gasteiger partial charge in [-0.05, 0) is 12.1 Å². The second kappa shape index (κ2) is 4.86. The average Bonchev–Trinajstić information content (AvgIpc) is 2.17. The number of anilines is 1. The van der Waals surface area contributed by atoms with Crippen LogP contribution in [0.15, 0.2) is 24.3 Å². The Balaban J connectivity index is 2.77. The molecule has 0 aliphatic carbocycles. The summed E-state index contributed by atoms with van der Waals surface area (Å²) in [5.41, 5.74) is 0.216. The smallest absolute Gasteiger partial charge is 0.276 e. The largest absolute Gasteiger partial charge is 0.322 e. The van der Waals surface area contributed by atoms with E-state index in [1.807, 2.05) is 0 Å². The van der Waals surface area contributed by atoms with Crippen molar-refractivity contribution in [3.05, 3.63) is 34.4 Å². The summed E-state index contributed by atoms with van der Waals surface area (Å²) in [6.45, 7) is 0. The van der Waals surface area contributed by atoms with Gasteiger partial charge in [0.2, 0.25) is 0 Å². The van der Waals surface area contributed by atoms with Crippen molar-refractivity contribution in [1.29, 1.82) is 0 Å². The third-order valence-electron chi connectivity index (χ3n) is 1.59. The molecule has 0 unspecified atom stereocenters. The Bertz CT molecular complexity index is 414. The van der Waals surface area contributed by atoms with E-state index in [-0.39, 0.29) is 5.69 Å². The van der Waals surface area contributed by atoms with Crippen LogP contribution in [0.2, 0.25) is 0 Å². The van der Waals surface area contributed by atoms with Crippen molar-refractivity contribution in [3.8, 4) is 0 Å². The van der Waals surface area contributed by atoms with Crippen LogP contribution in [0.1, 0.15) is 0 Å². The molecule has 0 fully saturated rings. The summed E-state index contributed by atoms with van der Waals surface area (Å²) in [5.74, 6) is -0.827. The topological polar surface area (TPSA) is 72.2 Å². The van der Waals surface area contributed by atoms with Gasteiger partial charge < -0.3 is 5.32 Å². The van der Waals surface area contributed by atoms with Crippen LogP contribution in [0, 0.1) is 10.1 Å². The van der Waals surface area contributed by atoms with Crippen molar-refractivity contribution in [2.75, 3.05) is 5.32 Å². The maximum atomic E-state index is 11.2. The highest BCUT2D eigenvalue weighted by Crippen LogP contribution is 2.27. The van der Waals surface area contributed by atoms with E-state index in [0.717, 1.165) is 0 Å². The van der Waals surface area contributed by atoms with Crippen LogP contribution in [0.5, 0.6) is 0 Å². The van der Waals surface area contributed by atoms with Gasteiger partial charge in [-0.25, -0.2) is 0 Å². The van der Waals surface area contributed by atoms with Crippen LogP contribution in [0.4, 0.5) is 11.4 Å². The van der Waals surface area contributed by atoms with Crippen molar-refractivity contribution in [2.24, 2.45) is 0 Å². The molecule has 1 rings (SSSR count). The molecule has 0 aromatic heterocycles. The first-order valence-corrected chi connectivity index (χ1v) is 5.07. The maximum Gasteiger partial charge on any atom is 0.276 e. The van der Waals surface area contributed by atoms with Crippen molar-refractivity contribution < 1.29 is 9.72 Å². The molecule has 1 aromatic carbocycles. The molecule has 0 aliphatic heterocycles. The molecule has 0 bridgehead atoms. The van der Waals surface area contributed by atoms with Crippen LogP contribution >= 0.6 is 34.8 Å². The van der Waals surface area contributed by atoms with Crippen molar-refractivity contribution >= 4 is 52.1 Å². The molecule has 1 aromatic rings. The van der Waals surface area contributed by atoms with Crippen molar-refractivity contribution in [2.45, 2.75) is 3.79 Å². The molecule has 5 nitrogen and oxygen atoms in total. The third kappa shape index (κ3) is 3.52. The number of nitro benzene ring substituents is 1. The van der Waals surface area contributed by atoms with Crippen LogP contribution in [0.3, 0.4) is 0 Å². The van der Waals surface area contributed by atoms with E-state index in [1.165, 1.54) is 24.3 Å². The van der Waals surface area contributed by atoms with Crippen LogP contribution in [0.25, 0.3) is 0 Å². The highest BCUT2D eigenvalue weighted by Gasteiger charge is 2.30. The van der Waals surface area contributed by atoms with E-state index in [1.54, 1.807) is 0 Å². The number of carbonyl (C=O) groups excluding carboxylic acids is 1. The molecular formula is C8H5Cl3N2O3. The fourth-order valence-corrected chi connectivity index (χ4v) is 1.01. The molecule has 0 atom stereocenters. The summed E-state index contributed by atoms with van der Waals surface area (Å²) >= 11 is 16.0.